The Labute approximate surface area is 231 Å². The van der Waals surface area contributed by atoms with E-state index < -0.39 is 5.97 Å². The Hall–Kier alpha value is -3.09. The van der Waals surface area contributed by atoms with Crippen molar-refractivity contribution in [2.24, 2.45) is 18.9 Å². The van der Waals surface area contributed by atoms with Crippen LogP contribution >= 0.6 is 0 Å². The second kappa shape index (κ2) is 10.8. The van der Waals surface area contributed by atoms with E-state index in [1.165, 1.54) is 37.7 Å². The lowest BCUT2D eigenvalue weighted by atomic mass is 9.80. The van der Waals surface area contributed by atoms with Crippen molar-refractivity contribution in [2.75, 3.05) is 0 Å². The number of hydrogen-bond donors (Lipinski definition) is 3. The molecule has 3 N–H and O–H groups in total. The lowest BCUT2D eigenvalue weighted by Crippen LogP contribution is -2.47. The van der Waals surface area contributed by atoms with Gasteiger partial charge in [-0.15, -0.1) is 0 Å². The molecule has 0 radical (unpaired) electrons. The molecule has 3 fully saturated rings. The van der Waals surface area contributed by atoms with Crippen LogP contribution in [0.1, 0.15) is 111 Å². The zero-order chi connectivity index (χ0) is 27.9. The van der Waals surface area contributed by atoms with Crippen molar-refractivity contribution in [3.05, 3.63) is 46.8 Å². The Kier molecular flexibility index (Phi) is 7.62. The van der Waals surface area contributed by atoms with Gasteiger partial charge in [-0.2, -0.15) is 0 Å². The second-order valence-electron chi connectivity index (χ2n) is 12.8. The van der Waals surface area contributed by atoms with E-state index in [2.05, 4.69) is 23.6 Å². The van der Waals surface area contributed by atoms with E-state index in [-0.39, 0.29) is 35.2 Å². The van der Waals surface area contributed by atoms with Crippen molar-refractivity contribution < 1.29 is 19.5 Å². The van der Waals surface area contributed by atoms with Gasteiger partial charge in [-0.3, -0.25) is 14.4 Å². The number of aliphatic carboxylic acids is 1. The maximum absolute atomic E-state index is 13.4. The van der Waals surface area contributed by atoms with Crippen LogP contribution in [-0.2, 0) is 23.7 Å². The van der Waals surface area contributed by atoms with Crippen LogP contribution < -0.4 is 10.6 Å². The number of nitrogens with zero attached hydrogens (tertiary/aromatic N) is 1. The summed E-state index contributed by atoms with van der Waals surface area (Å²) >= 11 is 0. The normalized spacial score (nSPS) is 22.3. The average molecular weight is 534 g/mol. The number of hydrogen-bond acceptors (Lipinski definition) is 3. The first-order chi connectivity index (χ1) is 18.5. The summed E-state index contributed by atoms with van der Waals surface area (Å²) in [6.07, 6.45) is 10.3. The Balaban J connectivity index is 1.52. The fourth-order valence-electron chi connectivity index (χ4n) is 6.30. The minimum Gasteiger partial charge on any atom is -0.481 e. The highest BCUT2D eigenvalue weighted by atomic mass is 16.4. The number of carboxylic acids is 1. The number of carboxylic acid groups (broad SMARTS) is 1. The van der Waals surface area contributed by atoms with E-state index >= 15 is 0 Å². The molecular formula is C32H43N3O4. The van der Waals surface area contributed by atoms with Gasteiger partial charge < -0.3 is 20.3 Å². The van der Waals surface area contributed by atoms with Gasteiger partial charge in [-0.05, 0) is 86.6 Å². The highest BCUT2D eigenvalue weighted by Gasteiger charge is 2.40. The molecule has 1 aromatic carbocycles. The molecule has 7 heteroatoms. The predicted octanol–water partition coefficient (Wildman–Crippen LogP) is 5.60. The van der Waals surface area contributed by atoms with Gasteiger partial charge >= 0.3 is 5.97 Å². The summed E-state index contributed by atoms with van der Waals surface area (Å²) in [6.45, 7) is 6.19. The SMILES string of the molecule is CC(C)NC(=O)c1cc(-c2cc(C(=O)N[C@H]3C[C@H](C(=O)O)C3)n(C)c2CC2CCCCC2)cc(C2(C)CC2)c1. The molecule has 0 bridgehead atoms. The molecule has 7 nitrogen and oxygen atoms in total. The Morgan fingerprint density at radius 2 is 1.72 bits per heavy atom. The maximum atomic E-state index is 13.4. The van der Waals surface area contributed by atoms with Gasteiger partial charge in [-0.1, -0.05) is 45.1 Å². The van der Waals surface area contributed by atoms with Crippen molar-refractivity contribution in [1.82, 2.24) is 15.2 Å². The standard InChI is InChI=1S/C32H43N3O4/c1-19(2)33-29(36)22-13-21(14-24(15-22)32(3)10-11-32)26-18-28(30(37)34-25-16-23(17-25)31(38)39)35(4)27(26)12-20-8-6-5-7-9-20/h13-15,18-20,23,25H,5-12,16-17H2,1-4H3,(H,33,36)(H,34,37)(H,38,39)/t23-,25-. The van der Waals surface area contributed by atoms with E-state index in [0.29, 0.717) is 30.0 Å². The van der Waals surface area contributed by atoms with E-state index in [4.69, 9.17) is 0 Å². The summed E-state index contributed by atoms with van der Waals surface area (Å²) in [4.78, 5) is 37.8. The number of amides is 2. The largest absolute Gasteiger partial charge is 0.481 e. The summed E-state index contributed by atoms with van der Waals surface area (Å²) in [5.74, 6) is -0.817. The number of aromatic nitrogens is 1. The van der Waals surface area contributed by atoms with Gasteiger partial charge in [0, 0.05) is 36.0 Å². The molecular weight excluding hydrogens is 490 g/mol. The van der Waals surface area contributed by atoms with Gasteiger partial charge in [0.15, 0.2) is 0 Å². The number of carbonyl (C=O) groups is 3. The first-order valence-corrected chi connectivity index (χ1v) is 14.7. The minimum absolute atomic E-state index is 0.0437. The van der Waals surface area contributed by atoms with Crippen LogP contribution in [0, 0.1) is 11.8 Å². The fraction of sp³-hybridized carbons (Fsp3) is 0.594. The molecule has 0 saturated heterocycles. The third kappa shape index (κ3) is 5.92. The quantitative estimate of drug-likeness (QED) is 0.391. The van der Waals surface area contributed by atoms with Crippen molar-refractivity contribution in [3.8, 4) is 11.1 Å². The van der Waals surface area contributed by atoms with E-state index in [1.54, 1.807) is 0 Å². The summed E-state index contributed by atoms with van der Waals surface area (Å²) in [7, 11) is 1.97. The fourth-order valence-corrected chi connectivity index (χ4v) is 6.30. The van der Waals surface area contributed by atoms with Crippen LogP contribution in [-0.4, -0.2) is 39.5 Å². The molecule has 39 heavy (non-hydrogen) atoms. The van der Waals surface area contributed by atoms with Crippen molar-refractivity contribution in [3.63, 3.8) is 0 Å². The molecule has 0 aliphatic heterocycles. The molecule has 1 aromatic heterocycles. The molecule has 3 aliphatic rings. The van der Waals surface area contributed by atoms with E-state index in [0.717, 1.165) is 36.1 Å². The lowest BCUT2D eigenvalue weighted by Gasteiger charge is -2.32. The molecule has 2 amide bonds. The summed E-state index contributed by atoms with van der Waals surface area (Å²) in [5.41, 5.74) is 5.67. The molecule has 210 valence electrons. The Morgan fingerprint density at radius 3 is 2.33 bits per heavy atom. The van der Waals surface area contributed by atoms with Gasteiger partial charge in [0.05, 0.1) is 5.92 Å². The molecule has 0 unspecified atom stereocenters. The Bertz CT molecular complexity index is 1260. The third-order valence-corrected chi connectivity index (χ3v) is 9.24. The van der Waals surface area contributed by atoms with Crippen LogP contribution in [0.15, 0.2) is 24.3 Å². The van der Waals surface area contributed by atoms with Crippen molar-refractivity contribution in [2.45, 2.75) is 102 Å². The summed E-state index contributed by atoms with van der Waals surface area (Å²) in [5, 5.41) is 15.3. The molecule has 0 spiro atoms. The average Bonchev–Trinajstić information content (AvgIpc) is 3.55. The molecule has 3 aliphatic carbocycles. The summed E-state index contributed by atoms with van der Waals surface area (Å²) < 4.78 is 2.03. The van der Waals surface area contributed by atoms with E-state index in [9.17, 15) is 19.5 Å². The molecule has 3 saturated carbocycles. The van der Waals surface area contributed by atoms with Crippen molar-refractivity contribution in [1.29, 1.82) is 0 Å². The highest BCUT2D eigenvalue weighted by molar-refractivity contribution is 5.98. The minimum atomic E-state index is -0.794. The zero-order valence-corrected chi connectivity index (χ0v) is 23.8. The van der Waals surface area contributed by atoms with Gasteiger partial charge in [0.25, 0.3) is 11.8 Å². The summed E-state index contributed by atoms with van der Waals surface area (Å²) in [6, 6.07) is 8.17. The molecule has 1 heterocycles. The first-order valence-electron chi connectivity index (χ1n) is 14.7. The number of benzene rings is 1. The number of carbonyl (C=O) groups excluding carboxylic acids is 2. The van der Waals surface area contributed by atoms with Gasteiger partial charge in [-0.25, -0.2) is 0 Å². The second-order valence-corrected chi connectivity index (χ2v) is 12.8. The van der Waals surface area contributed by atoms with Crippen LogP contribution in [0.2, 0.25) is 0 Å². The first kappa shape index (κ1) is 27.5. The van der Waals surface area contributed by atoms with E-state index in [1.807, 2.05) is 43.7 Å². The Morgan fingerprint density at radius 1 is 1.03 bits per heavy atom. The monoisotopic (exact) mass is 533 g/mol. The topological polar surface area (TPSA) is 100 Å². The molecule has 2 aromatic rings. The highest BCUT2D eigenvalue weighted by Crippen LogP contribution is 2.49. The lowest BCUT2D eigenvalue weighted by molar-refractivity contribution is -0.145. The van der Waals surface area contributed by atoms with Crippen LogP contribution in [0.25, 0.3) is 11.1 Å². The van der Waals surface area contributed by atoms with Crippen LogP contribution in [0.4, 0.5) is 0 Å². The number of nitrogens with one attached hydrogen (secondary N) is 2. The van der Waals surface area contributed by atoms with Crippen molar-refractivity contribution >= 4 is 17.8 Å². The zero-order valence-electron chi connectivity index (χ0n) is 23.8. The van der Waals surface area contributed by atoms with Gasteiger partial charge in [0.1, 0.15) is 5.69 Å². The number of rotatable bonds is 9. The maximum Gasteiger partial charge on any atom is 0.306 e. The van der Waals surface area contributed by atoms with Crippen LogP contribution in [0.5, 0.6) is 0 Å². The predicted molar refractivity (Wildman–Crippen MR) is 152 cm³/mol. The van der Waals surface area contributed by atoms with Gasteiger partial charge in [0.2, 0.25) is 0 Å². The smallest absolute Gasteiger partial charge is 0.306 e. The van der Waals surface area contributed by atoms with Crippen LogP contribution in [0.3, 0.4) is 0 Å². The third-order valence-electron chi connectivity index (χ3n) is 9.24. The molecule has 0 atom stereocenters. The molecule has 5 rings (SSSR count).